The summed E-state index contributed by atoms with van der Waals surface area (Å²) < 4.78 is 59.1. The number of alkyl halides is 3. The van der Waals surface area contributed by atoms with E-state index in [9.17, 15) is 13.2 Å². The highest BCUT2D eigenvalue weighted by atomic mass is 32.1. The minimum Gasteiger partial charge on any atom is -0.493 e. The zero-order valence-electron chi connectivity index (χ0n) is 22.3. The highest BCUT2D eigenvalue weighted by Crippen LogP contribution is 2.43. The van der Waals surface area contributed by atoms with Gasteiger partial charge in [0, 0.05) is 16.0 Å². The molecule has 0 bridgehead atoms. The number of hydrogen-bond donors (Lipinski definition) is 0. The van der Waals surface area contributed by atoms with Crippen LogP contribution in [0.15, 0.2) is 41.4 Å². The topological polar surface area (TPSA) is 70.8 Å². The number of aromatic nitrogens is 3. The molecule has 0 N–H and O–H groups in total. The van der Waals surface area contributed by atoms with Crippen molar-refractivity contribution in [3.63, 3.8) is 0 Å². The number of hydrogen-bond acceptors (Lipinski definition) is 7. The fourth-order valence-corrected chi connectivity index (χ4v) is 6.88. The average molecular weight is 569 g/mol. The van der Waals surface area contributed by atoms with E-state index in [1.807, 2.05) is 36.4 Å². The van der Waals surface area contributed by atoms with Crippen LogP contribution in [0.5, 0.6) is 17.2 Å². The van der Waals surface area contributed by atoms with E-state index in [1.54, 1.807) is 21.3 Å². The highest BCUT2D eigenvalue weighted by molar-refractivity contribution is 7.15. The van der Waals surface area contributed by atoms with Crippen molar-refractivity contribution in [2.24, 2.45) is 4.99 Å². The maximum absolute atomic E-state index is 13.8. The van der Waals surface area contributed by atoms with E-state index in [0.29, 0.717) is 28.0 Å². The Kier molecular flexibility index (Phi) is 6.77. The van der Waals surface area contributed by atoms with Crippen LogP contribution in [0.3, 0.4) is 0 Å². The summed E-state index contributed by atoms with van der Waals surface area (Å²) in [5.41, 5.74) is 5.64. The van der Waals surface area contributed by atoms with Crippen molar-refractivity contribution in [3.05, 3.63) is 80.7 Å². The van der Waals surface area contributed by atoms with Crippen LogP contribution in [0.25, 0.3) is 5.00 Å². The Balaban J connectivity index is 1.30. The molecule has 208 valence electrons. The first-order chi connectivity index (χ1) is 19.3. The molecule has 0 atom stereocenters. The van der Waals surface area contributed by atoms with Gasteiger partial charge in [-0.2, -0.15) is 13.2 Å². The second kappa shape index (κ2) is 10.3. The monoisotopic (exact) mass is 568 g/mol. The molecule has 7 nitrogen and oxygen atoms in total. The number of nitrogens with zero attached hydrogens (tertiary/aromatic N) is 4. The Morgan fingerprint density at radius 1 is 0.900 bits per heavy atom. The quantitative estimate of drug-likeness (QED) is 0.274. The fourth-order valence-electron chi connectivity index (χ4n) is 5.47. The SMILES string of the molecule is COc1cc(CCc2ccc(C3=NCc4nnc(C(F)(F)F)n4-c4sc5c(c43)CCC5)cc2)cc(OC)c1OC. The van der Waals surface area contributed by atoms with E-state index in [4.69, 9.17) is 19.2 Å². The summed E-state index contributed by atoms with van der Waals surface area (Å²) in [7, 11) is 4.77. The van der Waals surface area contributed by atoms with Gasteiger partial charge in [-0.25, -0.2) is 0 Å². The van der Waals surface area contributed by atoms with Gasteiger partial charge in [-0.3, -0.25) is 9.56 Å². The number of methoxy groups -OCH3 is 3. The number of ether oxygens (including phenoxy) is 3. The standard InChI is InChI=1S/C29H27F3N4O3S/c1-37-20-13-17(14-21(38-2)26(20)39-3)8-7-16-9-11-18(12-10-16)25-24-19-5-4-6-22(19)40-27(24)36-23(15-33-25)34-35-28(36)29(30,31)32/h9-14H,4-8,15H2,1-3H3. The van der Waals surface area contributed by atoms with E-state index in [-0.39, 0.29) is 12.4 Å². The third kappa shape index (κ3) is 4.51. The Hall–Kier alpha value is -3.86. The maximum atomic E-state index is 13.8. The molecule has 0 unspecified atom stereocenters. The summed E-state index contributed by atoms with van der Waals surface area (Å²) in [6.45, 7) is 0.0253. The van der Waals surface area contributed by atoms with Crippen molar-refractivity contribution >= 4 is 17.0 Å². The molecule has 0 saturated carbocycles. The van der Waals surface area contributed by atoms with Crippen molar-refractivity contribution in [2.45, 2.75) is 44.8 Å². The van der Waals surface area contributed by atoms with Crippen LogP contribution >= 0.6 is 11.3 Å². The molecule has 4 aromatic rings. The molecule has 3 heterocycles. The van der Waals surface area contributed by atoms with E-state index in [0.717, 1.165) is 64.8 Å². The number of halogens is 3. The number of thiophene rings is 1. The van der Waals surface area contributed by atoms with Crippen LogP contribution in [-0.2, 0) is 38.4 Å². The zero-order chi connectivity index (χ0) is 28.0. The molecule has 0 radical (unpaired) electrons. The molecule has 0 fully saturated rings. The number of fused-ring (bicyclic) bond motifs is 5. The van der Waals surface area contributed by atoms with Gasteiger partial charge in [0.1, 0.15) is 11.5 Å². The van der Waals surface area contributed by atoms with E-state index in [1.165, 1.54) is 15.9 Å². The molecule has 1 aliphatic heterocycles. The summed E-state index contributed by atoms with van der Waals surface area (Å²) >= 11 is 1.40. The van der Waals surface area contributed by atoms with E-state index >= 15 is 0 Å². The third-order valence-electron chi connectivity index (χ3n) is 7.36. The summed E-state index contributed by atoms with van der Waals surface area (Å²) in [5, 5.41) is 7.86. The smallest absolute Gasteiger partial charge is 0.452 e. The van der Waals surface area contributed by atoms with Crippen molar-refractivity contribution in [1.82, 2.24) is 14.8 Å². The van der Waals surface area contributed by atoms with Crippen LogP contribution in [-0.4, -0.2) is 41.8 Å². The molecule has 2 aliphatic rings. The van der Waals surface area contributed by atoms with E-state index < -0.39 is 12.0 Å². The summed E-state index contributed by atoms with van der Waals surface area (Å²) in [4.78, 5) is 5.91. The van der Waals surface area contributed by atoms with Crippen molar-refractivity contribution in [3.8, 4) is 22.2 Å². The second-order valence-electron chi connectivity index (χ2n) is 9.71. The fraction of sp³-hybridized carbons (Fsp3) is 0.345. The van der Waals surface area contributed by atoms with Gasteiger partial charge in [0.25, 0.3) is 0 Å². The molecule has 40 heavy (non-hydrogen) atoms. The van der Waals surface area contributed by atoms with Gasteiger partial charge in [0.2, 0.25) is 11.6 Å². The summed E-state index contributed by atoms with van der Waals surface area (Å²) in [5.74, 6) is 0.984. The normalized spacial score (nSPS) is 14.2. The molecule has 2 aromatic carbocycles. The minimum atomic E-state index is -4.61. The largest absolute Gasteiger partial charge is 0.493 e. The molecule has 0 saturated heterocycles. The number of aryl methyl sites for hydroxylation is 3. The number of aliphatic imine (C=N–C) groups is 1. The molecule has 2 aromatic heterocycles. The second-order valence-corrected chi connectivity index (χ2v) is 10.8. The maximum Gasteiger partial charge on any atom is 0.452 e. The van der Waals surface area contributed by atoms with E-state index in [2.05, 4.69) is 10.2 Å². The Labute approximate surface area is 233 Å². The van der Waals surface area contributed by atoms with Crippen LogP contribution in [0.1, 0.15) is 50.8 Å². The summed E-state index contributed by atoms with van der Waals surface area (Å²) in [6.07, 6.45) is -0.400. The predicted molar refractivity (Wildman–Crippen MR) is 146 cm³/mol. The highest BCUT2D eigenvalue weighted by Gasteiger charge is 2.41. The third-order valence-corrected chi connectivity index (χ3v) is 8.64. The molecule has 0 amide bonds. The van der Waals surface area contributed by atoms with Gasteiger partial charge < -0.3 is 14.2 Å². The van der Waals surface area contributed by atoms with Gasteiger partial charge in [0.15, 0.2) is 17.3 Å². The Bertz CT molecular complexity index is 1580. The average Bonchev–Trinajstić information content (AvgIpc) is 3.65. The lowest BCUT2D eigenvalue weighted by Crippen LogP contribution is -2.15. The number of benzene rings is 2. The van der Waals surface area contributed by atoms with Crippen molar-refractivity contribution in [2.75, 3.05) is 21.3 Å². The molecule has 0 spiro atoms. The lowest BCUT2D eigenvalue weighted by molar-refractivity contribution is -0.146. The predicted octanol–water partition coefficient (Wildman–Crippen LogP) is 6.00. The Morgan fingerprint density at radius 2 is 1.60 bits per heavy atom. The lowest BCUT2D eigenvalue weighted by Gasteiger charge is -2.14. The first kappa shape index (κ1) is 26.4. The van der Waals surface area contributed by atoms with Gasteiger partial charge in [-0.1, -0.05) is 24.3 Å². The minimum absolute atomic E-state index is 0.0253. The first-order valence-corrected chi connectivity index (χ1v) is 13.7. The molecular formula is C29H27F3N4O3S. The van der Waals surface area contributed by atoms with Crippen LogP contribution in [0.2, 0.25) is 0 Å². The molecule has 11 heteroatoms. The zero-order valence-corrected chi connectivity index (χ0v) is 23.1. The molecule has 6 rings (SSSR count). The number of rotatable bonds is 7. The molecular weight excluding hydrogens is 541 g/mol. The van der Waals surface area contributed by atoms with Gasteiger partial charge in [-0.05, 0) is 60.9 Å². The van der Waals surface area contributed by atoms with Gasteiger partial charge >= 0.3 is 6.18 Å². The van der Waals surface area contributed by atoms with Gasteiger partial charge in [-0.15, -0.1) is 21.5 Å². The molecule has 1 aliphatic carbocycles. The van der Waals surface area contributed by atoms with Crippen LogP contribution < -0.4 is 14.2 Å². The van der Waals surface area contributed by atoms with Crippen LogP contribution in [0, 0.1) is 0 Å². The first-order valence-electron chi connectivity index (χ1n) is 12.9. The Morgan fingerprint density at radius 3 is 2.25 bits per heavy atom. The van der Waals surface area contributed by atoms with Crippen molar-refractivity contribution in [1.29, 1.82) is 0 Å². The van der Waals surface area contributed by atoms with Crippen molar-refractivity contribution < 1.29 is 27.4 Å². The van der Waals surface area contributed by atoms with Gasteiger partial charge in [0.05, 0.1) is 27.0 Å². The summed E-state index contributed by atoms with van der Waals surface area (Å²) in [6, 6.07) is 12.0. The lowest BCUT2D eigenvalue weighted by atomic mass is 9.97. The van der Waals surface area contributed by atoms with Crippen LogP contribution in [0.4, 0.5) is 13.2 Å².